The molecule has 0 unspecified atom stereocenters. The van der Waals surface area contributed by atoms with Gasteiger partial charge in [-0.2, -0.15) is 0 Å². The number of rotatable bonds is 6. The molecule has 0 aliphatic heterocycles. The van der Waals surface area contributed by atoms with Gasteiger partial charge in [0.15, 0.2) is 0 Å². The van der Waals surface area contributed by atoms with Crippen LogP contribution < -0.4 is 10.6 Å². The number of hydrogen-bond acceptors (Lipinski definition) is 6. The van der Waals surface area contributed by atoms with Crippen LogP contribution in [0.25, 0.3) is 0 Å². The fourth-order valence-corrected chi connectivity index (χ4v) is 2.08. The zero-order valence-corrected chi connectivity index (χ0v) is 11.4. The first-order chi connectivity index (χ1) is 8.81. The van der Waals surface area contributed by atoms with E-state index in [-0.39, 0.29) is 0 Å². The zero-order chi connectivity index (χ0) is 12.8. The minimum Gasteiger partial charge on any atom is -0.370 e. The number of nitrogens with zero attached hydrogens (tertiary/aromatic N) is 3. The summed E-state index contributed by atoms with van der Waals surface area (Å²) in [5, 5.41) is 8.51. The lowest BCUT2D eigenvalue weighted by Gasteiger charge is -2.09. The molecule has 2 N–H and O–H groups in total. The minimum absolute atomic E-state index is 0.690. The highest BCUT2D eigenvalue weighted by atomic mass is 32.1. The molecule has 0 bridgehead atoms. The highest BCUT2D eigenvalue weighted by molar-refractivity contribution is 7.07. The van der Waals surface area contributed by atoms with Gasteiger partial charge in [0.05, 0.1) is 17.7 Å². The number of aryl methyl sites for hydroxylation is 1. The second-order valence-electron chi connectivity index (χ2n) is 3.77. The van der Waals surface area contributed by atoms with Gasteiger partial charge in [-0.1, -0.05) is 6.92 Å². The molecule has 0 atom stereocenters. The first-order valence-corrected chi connectivity index (χ1v) is 6.98. The van der Waals surface area contributed by atoms with Gasteiger partial charge in [0.2, 0.25) is 0 Å². The van der Waals surface area contributed by atoms with Gasteiger partial charge >= 0.3 is 0 Å². The van der Waals surface area contributed by atoms with Crippen LogP contribution in [-0.4, -0.2) is 21.5 Å². The van der Waals surface area contributed by atoms with Crippen molar-refractivity contribution in [2.75, 3.05) is 17.2 Å². The van der Waals surface area contributed by atoms with E-state index in [2.05, 4.69) is 39.4 Å². The third-order valence-electron chi connectivity index (χ3n) is 2.38. The van der Waals surface area contributed by atoms with Crippen molar-refractivity contribution in [1.29, 1.82) is 0 Å². The fourth-order valence-electron chi connectivity index (χ4n) is 1.52. The van der Waals surface area contributed by atoms with Crippen LogP contribution in [0.1, 0.15) is 25.4 Å². The standard InChI is InChI=1S/C12H17N5S/c1-3-10-16-11(13-4-2)5-12(17-10)14-6-9-7-18-8-15-9/h5,7-8H,3-4,6H2,1-2H3,(H2,13,14,16,17). The van der Waals surface area contributed by atoms with Crippen molar-refractivity contribution in [2.45, 2.75) is 26.8 Å². The van der Waals surface area contributed by atoms with Gasteiger partial charge in [-0.3, -0.25) is 0 Å². The van der Waals surface area contributed by atoms with Crippen LogP contribution in [0.2, 0.25) is 0 Å². The van der Waals surface area contributed by atoms with E-state index in [1.807, 2.05) is 17.0 Å². The summed E-state index contributed by atoms with van der Waals surface area (Å²) in [4.78, 5) is 13.1. The van der Waals surface area contributed by atoms with Crippen LogP contribution in [0.4, 0.5) is 11.6 Å². The van der Waals surface area contributed by atoms with E-state index in [0.717, 1.165) is 36.1 Å². The van der Waals surface area contributed by atoms with E-state index in [1.54, 1.807) is 11.3 Å². The Kier molecular flexibility index (Phi) is 4.46. The maximum atomic E-state index is 4.45. The van der Waals surface area contributed by atoms with Gasteiger partial charge in [0, 0.05) is 24.4 Å². The Balaban J connectivity index is 2.08. The highest BCUT2D eigenvalue weighted by Gasteiger charge is 2.03. The molecule has 0 aromatic carbocycles. The molecule has 0 radical (unpaired) electrons. The Morgan fingerprint density at radius 2 is 1.94 bits per heavy atom. The lowest BCUT2D eigenvalue weighted by atomic mass is 10.4. The third-order valence-corrected chi connectivity index (χ3v) is 3.02. The van der Waals surface area contributed by atoms with Crippen molar-refractivity contribution < 1.29 is 0 Å². The Bertz CT molecular complexity index is 483. The van der Waals surface area contributed by atoms with Gasteiger partial charge < -0.3 is 10.6 Å². The Labute approximate surface area is 111 Å². The van der Waals surface area contributed by atoms with Crippen LogP contribution in [0.3, 0.4) is 0 Å². The maximum absolute atomic E-state index is 4.45. The lowest BCUT2D eigenvalue weighted by Crippen LogP contribution is -2.07. The third kappa shape index (κ3) is 3.40. The fraction of sp³-hybridized carbons (Fsp3) is 0.417. The van der Waals surface area contributed by atoms with E-state index >= 15 is 0 Å². The molecule has 0 spiro atoms. The van der Waals surface area contributed by atoms with Gasteiger partial charge in [0.1, 0.15) is 17.5 Å². The van der Waals surface area contributed by atoms with Gasteiger partial charge in [-0.15, -0.1) is 11.3 Å². The number of aromatic nitrogens is 3. The molecular formula is C12H17N5S. The average molecular weight is 263 g/mol. The first-order valence-electron chi connectivity index (χ1n) is 6.04. The van der Waals surface area contributed by atoms with Crippen LogP contribution in [-0.2, 0) is 13.0 Å². The molecular weight excluding hydrogens is 246 g/mol. The molecule has 0 saturated carbocycles. The summed E-state index contributed by atoms with van der Waals surface area (Å²) in [7, 11) is 0. The summed E-state index contributed by atoms with van der Waals surface area (Å²) in [5.74, 6) is 2.55. The second-order valence-corrected chi connectivity index (χ2v) is 4.49. The Hall–Kier alpha value is -1.69. The summed E-state index contributed by atoms with van der Waals surface area (Å²) in [6.07, 6.45) is 0.824. The molecule has 0 fully saturated rings. The predicted octanol–water partition coefficient (Wildman–Crippen LogP) is 2.54. The molecule has 2 aromatic rings. The molecule has 2 aromatic heterocycles. The van der Waals surface area contributed by atoms with E-state index < -0.39 is 0 Å². The van der Waals surface area contributed by atoms with Crippen molar-refractivity contribution in [3.8, 4) is 0 Å². The average Bonchev–Trinajstić information content (AvgIpc) is 2.89. The molecule has 0 saturated heterocycles. The van der Waals surface area contributed by atoms with Gasteiger partial charge in [-0.05, 0) is 6.92 Å². The van der Waals surface area contributed by atoms with Crippen molar-refractivity contribution in [3.63, 3.8) is 0 Å². The highest BCUT2D eigenvalue weighted by Crippen LogP contribution is 2.13. The number of anilines is 2. The summed E-state index contributed by atoms with van der Waals surface area (Å²) in [5.41, 5.74) is 2.86. The summed E-state index contributed by atoms with van der Waals surface area (Å²) in [6, 6.07) is 1.93. The zero-order valence-electron chi connectivity index (χ0n) is 10.6. The predicted molar refractivity (Wildman–Crippen MR) is 75.0 cm³/mol. The van der Waals surface area contributed by atoms with Crippen LogP contribution in [0.15, 0.2) is 17.0 Å². The summed E-state index contributed by atoms with van der Waals surface area (Å²) >= 11 is 1.60. The maximum Gasteiger partial charge on any atom is 0.132 e. The number of hydrogen-bond donors (Lipinski definition) is 2. The van der Waals surface area contributed by atoms with Crippen LogP contribution >= 0.6 is 11.3 Å². The van der Waals surface area contributed by atoms with Crippen molar-refractivity contribution in [2.24, 2.45) is 0 Å². The molecule has 2 rings (SSSR count). The number of nitrogens with one attached hydrogen (secondary N) is 2. The minimum atomic E-state index is 0.690. The molecule has 18 heavy (non-hydrogen) atoms. The lowest BCUT2D eigenvalue weighted by molar-refractivity contribution is 0.926. The van der Waals surface area contributed by atoms with E-state index in [4.69, 9.17) is 0 Å². The SMILES string of the molecule is CCNc1cc(NCc2cscn2)nc(CC)n1. The normalized spacial score (nSPS) is 10.3. The van der Waals surface area contributed by atoms with Crippen LogP contribution in [0, 0.1) is 0 Å². The van der Waals surface area contributed by atoms with Crippen LogP contribution in [0.5, 0.6) is 0 Å². The summed E-state index contributed by atoms with van der Waals surface area (Å²) < 4.78 is 0. The first kappa shape index (κ1) is 12.8. The largest absolute Gasteiger partial charge is 0.370 e. The second kappa shape index (κ2) is 6.30. The Morgan fingerprint density at radius 3 is 2.56 bits per heavy atom. The molecule has 0 aliphatic carbocycles. The van der Waals surface area contributed by atoms with Gasteiger partial charge in [0.25, 0.3) is 0 Å². The number of thiazole rings is 1. The van der Waals surface area contributed by atoms with E-state index in [1.165, 1.54) is 0 Å². The molecule has 2 heterocycles. The topological polar surface area (TPSA) is 62.7 Å². The quantitative estimate of drug-likeness (QED) is 0.838. The molecule has 96 valence electrons. The summed E-state index contributed by atoms with van der Waals surface area (Å²) in [6.45, 7) is 5.65. The van der Waals surface area contributed by atoms with Crippen molar-refractivity contribution >= 4 is 23.0 Å². The van der Waals surface area contributed by atoms with Crippen molar-refractivity contribution in [3.05, 3.63) is 28.5 Å². The smallest absolute Gasteiger partial charge is 0.132 e. The van der Waals surface area contributed by atoms with Gasteiger partial charge in [-0.25, -0.2) is 15.0 Å². The molecule has 0 amide bonds. The van der Waals surface area contributed by atoms with E-state index in [9.17, 15) is 0 Å². The van der Waals surface area contributed by atoms with E-state index in [0.29, 0.717) is 6.54 Å². The van der Waals surface area contributed by atoms with Crippen molar-refractivity contribution in [1.82, 2.24) is 15.0 Å². The molecule has 0 aliphatic rings. The Morgan fingerprint density at radius 1 is 1.17 bits per heavy atom. The molecule has 6 heteroatoms. The monoisotopic (exact) mass is 263 g/mol. The molecule has 5 nitrogen and oxygen atoms in total.